The Morgan fingerprint density at radius 3 is 2.79 bits per heavy atom. The van der Waals surface area contributed by atoms with Crippen LogP contribution in [0.25, 0.3) is 0 Å². The second-order valence-electron chi connectivity index (χ2n) is 4.62. The van der Waals surface area contributed by atoms with Crippen LogP contribution in [0, 0.1) is 5.92 Å². The van der Waals surface area contributed by atoms with Crippen molar-refractivity contribution in [3.05, 3.63) is 12.2 Å². The Hall–Kier alpha value is -0.830. The lowest BCUT2D eigenvalue weighted by Crippen LogP contribution is -2.49. The third kappa shape index (κ3) is 1.98. The van der Waals surface area contributed by atoms with Gasteiger partial charge in [0.05, 0.1) is 5.54 Å². The van der Waals surface area contributed by atoms with Gasteiger partial charge in [-0.2, -0.15) is 0 Å². The lowest BCUT2D eigenvalue weighted by Gasteiger charge is -2.26. The molecule has 0 saturated carbocycles. The third-order valence-electron chi connectivity index (χ3n) is 3.17. The molecule has 2 aliphatic rings. The molecule has 1 amide bonds. The van der Waals surface area contributed by atoms with Crippen molar-refractivity contribution >= 4 is 5.91 Å². The molecular formula is C11H18N2O. The number of allylic oxidation sites excluding steroid dienone is 2. The van der Waals surface area contributed by atoms with Gasteiger partial charge >= 0.3 is 0 Å². The fourth-order valence-electron chi connectivity index (χ4n) is 2.15. The Kier molecular flexibility index (Phi) is 2.59. The number of carbonyl (C=O) groups is 1. The van der Waals surface area contributed by atoms with Crippen LogP contribution >= 0.6 is 0 Å². The quantitative estimate of drug-likeness (QED) is 0.639. The SMILES string of the molecule is CC1(NC(=O)C2CC=CC2)CCNC1. The second kappa shape index (κ2) is 3.73. The summed E-state index contributed by atoms with van der Waals surface area (Å²) in [5, 5.41) is 6.43. The van der Waals surface area contributed by atoms with Crippen molar-refractivity contribution in [3.8, 4) is 0 Å². The van der Waals surface area contributed by atoms with Crippen LogP contribution < -0.4 is 10.6 Å². The van der Waals surface area contributed by atoms with Crippen molar-refractivity contribution < 1.29 is 4.79 Å². The van der Waals surface area contributed by atoms with Gasteiger partial charge in [0.15, 0.2) is 0 Å². The van der Waals surface area contributed by atoms with Gasteiger partial charge in [0.2, 0.25) is 5.91 Å². The van der Waals surface area contributed by atoms with Gasteiger partial charge in [-0.3, -0.25) is 4.79 Å². The van der Waals surface area contributed by atoms with Gasteiger partial charge in [-0.15, -0.1) is 0 Å². The summed E-state index contributed by atoms with van der Waals surface area (Å²) in [5.41, 5.74) is -0.0142. The molecule has 1 aliphatic heterocycles. The molecule has 1 unspecified atom stereocenters. The minimum Gasteiger partial charge on any atom is -0.349 e. The Morgan fingerprint density at radius 1 is 1.50 bits per heavy atom. The van der Waals surface area contributed by atoms with E-state index in [9.17, 15) is 4.79 Å². The van der Waals surface area contributed by atoms with E-state index in [1.165, 1.54) is 0 Å². The number of nitrogens with one attached hydrogen (secondary N) is 2. The highest BCUT2D eigenvalue weighted by atomic mass is 16.2. The highest BCUT2D eigenvalue weighted by Gasteiger charge is 2.32. The summed E-state index contributed by atoms with van der Waals surface area (Å²) < 4.78 is 0. The van der Waals surface area contributed by atoms with Gasteiger partial charge < -0.3 is 10.6 Å². The van der Waals surface area contributed by atoms with Crippen molar-refractivity contribution in [2.45, 2.75) is 31.7 Å². The number of rotatable bonds is 2. The van der Waals surface area contributed by atoms with E-state index in [1.807, 2.05) is 0 Å². The lowest BCUT2D eigenvalue weighted by molar-refractivity contribution is -0.126. The Balaban J connectivity index is 1.87. The molecular weight excluding hydrogens is 176 g/mol. The van der Waals surface area contributed by atoms with Crippen LogP contribution in [0.2, 0.25) is 0 Å². The highest BCUT2D eigenvalue weighted by Crippen LogP contribution is 2.20. The predicted molar refractivity (Wildman–Crippen MR) is 55.9 cm³/mol. The van der Waals surface area contributed by atoms with Crippen molar-refractivity contribution in [1.29, 1.82) is 0 Å². The van der Waals surface area contributed by atoms with Crippen LogP contribution in [0.15, 0.2) is 12.2 Å². The standard InChI is InChI=1S/C11H18N2O/c1-11(6-7-12-8-11)13-10(14)9-4-2-3-5-9/h2-3,9,12H,4-8H2,1H3,(H,13,14). The predicted octanol–water partition coefficient (Wildman–Crippen LogP) is 0.821. The number of hydrogen-bond acceptors (Lipinski definition) is 2. The molecule has 3 heteroatoms. The fraction of sp³-hybridized carbons (Fsp3) is 0.727. The minimum atomic E-state index is -0.0142. The zero-order chi connectivity index (χ0) is 10.0. The van der Waals surface area contributed by atoms with E-state index < -0.39 is 0 Å². The normalized spacial score (nSPS) is 32.4. The lowest BCUT2D eigenvalue weighted by atomic mass is 9.99. The Labute approximate surface area is 84.9 Å². The van der Waals surface area contributed by atoms with Gasteiger partial charge in [-0.25, -0.2) is 0 Å². The number of carbonyl (C=O) groups excluding carboxylic acids is 1. The molecule has 1 heterocycles. The molecule has 1 saturated heterocycles. The van der Waals surface area contributed by atoms with E-state index in [4.69, 9.17) is 0 Å². The van der Waals surface area contributed by atoms with Gasteiger partial charge in [0.1, 0.15) is 0 Å². The molecule has 1 atom stereocenters. The highest BCUT2D eigenvalue weighted by molar-refractivity contribution is 5.80. The van der Waals surface area contributed by atoms with Crippen molar-refractivity contribution in [1.82, 2.24) is 10.6 Å². The van der Waals surface area contributed by atoms with Gasteiger partial charge in [-0.1, -0.05) is 12.2 Å². The van der Waals surface area contributed by atoms with E-state index in [-0.39, 0.29) is 17.4 Å². The minimum absolute atomic E-state index is 0.0142. The largest absolute Gasteiger partial charge is 0.349 e. The van der Waals surface area contributed by atoms with Crippen LogP contribution in [0.1, 0.15) is 26.2 Å². The summed E-state index contributed by atoms with van der Waals surface area (Å²) in [6, 6.07) is 0. The van der Waals surface area contributed by atoms with Crippen molar-refractivity contribution in [2.75, 3.05) is 13.1 Å². The molecule has 0 aromatic carbocycles. The summed E-state index contributed by atoms with van der Waals surface area (Å²) in [4.78, 5) is 11.8. The smallest absolute Gasteiger partial charge is 0.224 e. The molecule has 0 aromatic heterocycles. The van der Waals surface area contributed by atoms with E-state index in [0.717, 1.165) is 32.4 Å². The molecule has 1 fully saturated rings. The molecule has 3 nitrogen and oxygen atoms in total. The van der Waals surface area contributed by atoms with E-state index in [1.54, 1.807) is 0 Å². The molecule has 2 rings (SSSR count). The molecule has 1 aliphatic carbocycles. The summed E-state index contributed by atoms with van der Waals surface area (Å²) in [7, 11) is 0. The molecule has 0 spiro atoms. The molecule has 2 N–H and O–H groups in total. The maximum absolute atomic E-state index is 11.8. The summed E-state index contributed by atoms with van der Waals surface area (Å²) >= 11 is 0. The molecule has 0 aromatic rings. The number of amides is 1. The summed E-state index contributed by atoms with van der Waals surface area (Å²) in [6.07, 6.45) is 7.06. The maximum Gasteiger partial charge on any atom is 0.224 e. The second-order valence-corrected chi connectivity index (χ2v) is 4.62. The fourth-order valence-corrected chi connectivity index (χ4v) is 2.15. The summed E-state index contributed by atoms with van der Waals surface area (Å²) in [5.74, 6) is 0.411. The first kappa shape index (κ1) is 9.71. The van der Waals surface area contributed by atoms with Gasteiger partial charge in [-0.05, 0) is 32.7 Å². The van der Waals surface area contributed by atoms with Crippen LogP contribution in [-0.2, 0) is 4.79 Å². The van der Waals surface area contributed by atoms with E-state index in [2.05, 4.69) is 29.7 Å². The van der Waals surface area contributed by atoms with Crippen LogP contribution in [0.5, 0.6) is 0 Å². The first-order chi connectivity index (χ1) is 6.70. The zero-order valence-corrected chi connectivity index (χ0v) is 8.68. The first-order valence-corrected chi connectivity index (χ1v) is 5.37. The molecule has 0 radical (unpaired) electrons. The third-order valence-corrected chi connectivity index (χ3v) is 3.17. The maximum atomic E-state index is 11.8. The average molecular weight is 194 g/mol. The van der Waals surface area contributed by atoms with Crippen LogP contribution in [0.3, 0.4) is 0 Å². The van der Waals surface area contributed by atoms with Crippen molar-refractivity contribution in [2.24, 2.45) is 5.92 Å². The number of hydrogen-bond donors (Lipinski definition) is 2. The van der Waals surface area contributed by atoms with Crippen LogP contribution in [0.4, 0.5) is 0 Å². The van der Waals surface area contributed by atoms with E-state index >= 15 is 0 Å². The Bertz CT molecular complexity index is 246. The van der Waals surface area contributed by atoms with Gasteiger partial charge in [0.25, 0.3) is 0 Å². The molecule has 78 valence electrons. The monoisotopic (exact) mass is 194 g/mol. The zero-order valence-electron chi connectivity index (χ0n) is 8.68. The molecule has 0 bridgehead atoms. The Morgan fingerprint density at radius 2 is 2.21 bits per heavy atom. The topological polar surface area (TPSA) is 41.1 Å². The van der Waals surface area contributed by atoms with E-state index in [0.29, 0.717) is 0 Å². The van der Waals surface area contributed by atoms with Crippen molar-refractivity contribution in [3.63, 3.8) is 0 Å². The molecule has 14 heavy (non-hydrogen) atoms. The average Bonchev–Trinajstić information content (AvgIpc) is 2.74. The summed E-state index contributed by atoms with van der Waals surface area (Å²) in [6.45, 7) is 4.03. The van der Waals surface area contributed by atoms with Crippen LogP contribution in [-0.4, -0.2) is 24.5 Å². The van der Waals surface area contributed by atoms with Gasteiger partial charge in [0, 0.05) is 12.5 Å². The first-order valence-electron chi connectivity index (χ1n) is 5.37.